The highest BCUT2D eigenvalue weighted by Gasteiger charge is 2.16. The van der Waals surface area contributed by atoms with E-state index in [2.05, 4.69) is 21.6 Å². The summed E-state index contributed by atoms with van der Waals surface area (Å²) in [4.78, 5) is 0. The van der Waals surface area contributed by atoms with Gasteiger partial charge in [-0.2, -0.15) is 10.4 Å². The van der Waals surface area contributed by atoms with Crippen LogP contribution in [0.15, 0.2) is 12.1 Å². The van der Waals surface area contributed by atoms with Gasteiger partial charge in [0.05, 0.1) is 11.8 Å². The van der Waals surface area contributed by atoms with Gasteiger partial charge in [-0.15, -0.1) is 5.10 Å². The van der Waals surface area contributed by atoms with Crippen LogP contribution in [0.25, 0.3) is 0 Å². The van der Waals surface area contributed by atoms with Crippen molar-refractivity contribution >= 4 is 5.82 Å². The van der Waals surface area contributed by atoms with E-state index >= 15 is 0 Å². The smallest absolute Gasteiger partial charge is 0.149 e. The first-order valence-electron chi connectivity index (χ1n) is 4.03. The molecular weight excluding hydrogens is 164 g/mol. The number of rotatable bonds is 2. The fourth-order valence-electron chi connectivity index (χ4n) is 0.814. The molecular formula is C9H12N4. The van der Waals surface area contributed by atoms with Crippen molar-refractivity contribution in [3.05, 3.63) is 17.8 Å². The highest BCUT2D eigenvalue weighted by Crippen LogP contribution is 2.10. The van der Waals surface area contributed by atoms with Crippen LogP contribution in [-0.2, 0) is 0 Å². The Labute approximate surface area is 77.6 Å². The van der Waals surface area contributed by atoms with E-state index in [1.807, 2.05) is 13.0 Å². The zero-order chi connectivity index (χ0) is 9.90. The van der Waals surface area contributed by atoms with Crippen LogP contribution in [0.1, 0.15) is 19.5 Å². The molecule has 13 heavy (non-hydrogen) atoms. The summed E-state index contributed by atoms with van der Waals surface area (Å²) in [5.41, 5.74) is 0.254. The number of nitrogens with one attached hydrogen (secondary N) is 1. The molecule has 1 heterocycles. The Morgan fingerprint density at radius 3 is 2.54 bits per heavy atom. The lowest BCUT2D eigenvalue weighted by atomic mass is 10.1. The molecule has 1 aromatic heterocycles. The molecule has 0 atom stereocenters. The zero-order valence-corrected chi connectivity index (χ0v) is 8.00. The summed E-state index contributed by atoms with van der Waals surface area (Å²) in [5.74, 6) is 0.622. The molecule has 0 aliphatic heterocycles. The minimum absolute atomic E-state index is 0.607. The van der Waals surface area contributed by atoms with Gasteiger partial charge in [-0.3, -0.25) is 0 Å². The molecule has 1 aromatic rings. The highest BCUT2D eigenvalue weighted by atomic mass is 15.2. The Hall–Kier alpha value is -1.63. The van der Waals surface area contributed by atoms with E-state index in [1.54, 1.807) is 19.9 Å². The van der Waals surface area contributed by atoms with Crippen LogP contribution in [0.2, 0.25) is 0 Å². The number of hydrogen-bond acceptors (Lipinski definition) is 4. The van der Waals surface area contributed by atoms with Crippen LogP contribution >= 0.6 is 0 Å². The van der Waals surface area contributed by atoms with Gasteiger partial charge in [0.15, 0.2) is 0 Å². The molecule has 0 amide bonds. The third-order valence-corrected chi connectivity index (χ3v) is 1.52. The van der Waals surface area contributed by atoms with E-state index in [-0.39, 0.29) is 0 Å². The van der Waals surface area contributed by atoms with Crippen LogP contribution < -0.4 is 5.32 Å². The summed E-state index contributed by atoms with van der Waals surface area (Å²) < 4.78 is 0. The van der Waals surface area contributed by atoms with E-state index < -0.39 is 5.54 Å². The second-order valence-electron chi connectivity index (χ2n) is 3.42. The molecule has 68 valence electrons. The number of anilines is 1. The number of nitrogens with zero attached hydrogens (tertiary/aromatic N) is 3. The average Bonchev–Trinajstić information content (AvgIpc) is 2.09. The third kappa shape index (κ3) is 2.71. The lowest BCUT2D eigenvalue weighted by molar-refractivity contribution is 0.718. The number of aromatic nitrogens is 2. The maximum absolute atomic E-state index is 8.75. The second kappa shape index (κ2) is 3.40. The summed E-state index contributed by atoms with van der Waals surface area (Å²) in [6.07, 6.45) is 0. The first kappa shape index (κ1) is 9.46. The van der Waals surface area contributed by atoms with E-state index in [1.165, 1.54) is 0 Å². The van der Waals surface area contributed by atoms with Gasteiger partial charge in [-0.05, 0) is 32.9 Å². The first-order chi connectivity index (χ1) is 6.03. The van der Waals surface area contributed by atoms with Gasteiger partial charge in [-0.25, -0.2) is 0 Å². The molecule has 4 nitrogen and oxygen atoms in total. The second-order valence-corrected chi connectivity index (χ2v) is 3.42. The van der Waals surface area contributed by atoms with Crippen LogP contribution in [-0.4, -0.2) is 15.7 Å². The highest BCUT2D eigenvalue weighted by molar-refractivity contribution is 5.38. The molecule has 0 saturated heterocycles. The molecule has 0 aliphatic rings. The largest absolute Gasteiger partial charge is 0.351 e. The molecule has 0 aromatic carbocycles. The van der Waals surface area contributed by atoms with E-state index in [9.17, 15) is 0 Å². The topological polar surface area (TPSA) is 61.6 Å². The lowest BCUT2D eigenvalue weighted by Crippen LogP contribution is -2.29. The molecule has 4 heteroatoms. The van der Waals surface area contributed by atoms with Gasteiger partial charge >= 0.3 is 0 Å². The molecule has 0 radical (unpaired) electrons. The number of nitriles is 1. The normalized spacial score (nSPS) is 10.6. The molecule has 0 unspecified atom stereocenters. The Bertz CT molecular complexity index is 320. The van der Waals surface area contributed by atoms with Crippen molar-refractivity contribution in [3.63, 3.8) is 0 Å². The predicted molar refractivity (Wildman–Crippen MR) is 50.1 cm³/mol. The van der Waals surface area contributed by atoms with Crippen molar-refractivity contribution in [1.82, 2.24) is 10.2 Å². The summed E-state index contributed by atoms with van der Waals surface area (Å²) in [6, 6.07) is 5.78. The van der Waals surface area contributed by atoms with Gasteiger partial charge in [-0.1, -0.05) is 0 Å². The summed E-state index contributed by atoms with van der Waals surface area (Å²) >= 11 is 0. The van der Waals surface area contributed by atoms with Gasteiger partial charge in [0.25, 0.3) is 0 Å². The van der Waals surface area contributed by atoms with Crippen molar-refractivity contribution in [1.29, 1.82) is 5.26 Å². The molecule has 0 fully saturated rings. The molecule has 0 bridgehead atoms. The molecule has 1 rings (SSSR count). The molecule has 1 N–H and O–H groups in total. The first-order valence-corrected chi connectivity index (χ1v) is 4.03. The Morgan fingerprint density at radius 2 is 2.08 bits per heavy atom. The Morgan fingerprint density at radius 1 is 1.38 bits per heavy atom. The number of hydrogen-bond donors (Lipinski definition) is 1. The molecule has 0 aliphatic carbocycles. The predicted octanol–water partition coefficient (Wildman–Crippen LogP) is 1.50. The van der Waals surface area contributed by atoms with Crippen molar-refractivity contribution in [3.8, 4) is 6.07 Å². The van der Waals surface area contributed by atoms with Crippen LogP contribution in [0, 0.1) is 18.3 Å². The summed E-state index contributed by atoms with van der Waals surface area (Å²) in [7, 11) is 0. The van der Waals surface area contributed by atoms with Crippen molar-refractivity contribution in [2.24, 2.45) is 0 Å². The minimum atomic E-state index is -0.607. The van der Waals surface area contributed by atoms with Crippen LogP contribution in [0.4, 0.5) is 5.82 Å². The van der Waals surface area contributed by atoms with Crippen LogP contribution in [0.3, 0.4) is 0 Å². The molecule has 0 spiro atoms. The van der Waals surface area contributed by atoms with Gasteiger partial charge < -0.3 is 5.32 Å². The van der Waals surface area contributed by atoms with Crippen LogP contribution in [0.5, 0.6) is 0 Å². The van der Waals surface area contributed by atoms with Crippen molar-refractivity contribution in [2.75, 3.05) is 5.32 Å². The zero-order valence-electron chi connectivity index (χ0n) is 8.00. The quantitative estimate of drug-likeness (QED) is 0.741. The van der Waals surface area contributed by atoms with Crippen molar-refractivity contribution in [2.45, 2.75) is 26.3 Å². The Kier molecular flexibility index (Phi) is 2.47. The SMILES string of the molecule is Cc1ccc(NC(C)(C)C#N)nn1. The van der Waals surface area contributed by atoms with E-state index in [0.717, 1.165) is 5.69 Å². The third-order valence-electron chi connectivity index (χ3n) is 1.52. The monoisotopic (exact) mass is 176 g/mol. The maximum Gasteiger partial charge on any atom is 0.149 e. The Balaban J connectivity index is 2.77. The minimum Gasteiger partial charge on any atom is -0.351 e. The summed E-state index contributed by atoms with van der Waals surface area (Å²) in [6.45, 7) is 5.44. The van der Waals surface area contributed by atoms with Gasteiger partial charge in [0.2, 0.25) is 0 Å². The van der Waals surface area contributed by atoms with E-state index in [4.69, 9.17) is 5.26 Å². The van der Waals surface area contributed by atoms with E-state index in [0.29, 0.717) is 5.82 Å². The standard InChI is InChI=1S/C9H12N4/c1-7-4-5-8(13-12-7)11-9(2,3)6-10/h4-5H,1-3H3,(H,11,13). The molecule has 0 saturated carbocycles. The number of aryl methyl sites for hydroxylation is 1. The fraction of sp³-hybridized carbons (Fsp3) is 0.444. The van der Waals surface area contributed by atoms with Gasteiger partial charge in [0.1, 0.15) is 11.4 Å². The lowest BCUT2D eigenvalue weighted by Gasteiger charge is -2.17. The van der Waals surface area contributed by atoms with Gasteiger partial charge in [0, 0.05) is 0 Å². The summed E-state index contributed by atoms with van der Waals surface area (Å²) in [5, 5.41) is 19.5. The average molecular weight is 176 g/mol. The maximum atomic E-state index is 8.75. The van der Waals surface area contributed by atoms with Crippen molar-refractivity contribution < 1.29 is 0 Å². The fourth-order valence-corrected chi connectivity index (χ4v) is 0.814.